The first-order valence-electron chi connectivity index (χ1n) is 8.80. The van der Waals surface area contributed by atoms with E-state index < -0.39 is 12.7 Å². The summed E-state index contributed by atoms with van der Waals surface area (Å²) in [6.07, 6.45) is -3.38. The average molecular weight is 391 g/mol. The maximum atomic E-state index is 12.5. The number of likely N-dealkylation sites (tertiary alicyclic amines) is 1. The summed E-state index contributed by atoms with van der Waals surface area (Å²) in [5, 5.41) is 3.94. The van der Waals surface area contributed by atoms with Crippen LogP contribution < -0.4 is 5.32 Å². The van der Waals surface area contributed by atoms with Crippen molar-refractivity contribution >= 4 is 17.6 Å². The summed E-state index contributed by atoms with van der Waals surface area (Å²) in [5.74, 6) is 0.923. The van der Waals surface area contributed by atoms with Gasteiger partial charge in [0, 0.05) is 38.2 Å². The number of halogens is 4. The lowest BCUT2D eigenvalue weighted by Crippen LogP contribution is -2.39. The lowest BCUT2D eigenvalue weighted by Gasteiger charge is -2.23. The Kier molecular flexibility index (Phi) is 7.58. The molecule has 8 heteroatoms. The molecule has 1 N–H and O–H groups in total. The van der Waals surface area contributed by atoms with Crippen molar-refractivity contribution in [2.45, 2.75) is 26.1 Å². The van der Waals surface area contributed by atoms with Crippen LogP contribution in [0, 0.1) is 5.92 Å². The Morgan fingerprint density at radius 1 is 1.35 bits per heavy atom. The fourth-order valence-electron chi connectivity index (χ4n) is 3.08. The van der Waals surface area contributed by atoms with Crippen LogP contribution in [0.25, 0.3) is 0 Å². The van der Waals surface area contributed by atoms with Crippen LogP contribution in [0.15, 0.2) is 29.3 Å². The van der Waals surface area contributed by atoms with Crippen LogP contribution >= 0.6 is 11.6 Å². The summed E-state index contributed by atoms with van der Waals surface area (Å²) in [6, 6.07) is 7.63. The molecule has 1 aromatic carbocycles. The van der Waals surface area contributed by atoms with Gasteiger partial charge < -0.3 is 10.2 Å². The second kappa shape index (κ2) is 9.46. The normalized spacial score (nSPS) is 19.0. The second-order valence-electron chi connectivity index (χ2n) is 6.68. The van der Waals surface area contributed by atoms with Gasteiger partial charge in [-0.3, -0.25) is 9.89 Å². The topological polar surface area (TPSA) is 30.9 Å². The number of guanidine groups is 1. The van der Waals surface area contributed by atoms with E-state index in [9.17, 15) is 13.2 Å². The number of nitrogens with zero attached hydrogens (tertiary/aromatic N) is 3. The zero-order chi connectivity index (χ0) is 19.2. The van der Waals surface area contributed by atoms with Gasteiger partial charge in [0.05, 0.1) is 6.54 Å². The average Bonchev–Trinajstić information content (AvgIpc) is 2.99. The van der Waals surface area contributed by atoms with Crippen molar-refractivity contribution < 1.29 is 13.2 Å². The van der Waals surface area contributed by atoms with Crippen LogP contribution in [0.4, 0.5) is 13.2 Å². The van der Waals surface area contributed by atoms with Crippen molar-refractivity contribution in [1.82, 2.24) is 15.1 Å². The van der Waals surface area contributed by atoms with E-state index in [4.69, 9.17) is 11.6 Å². The Morgan fingerprint density at radius 3 is 2.65 bits per heavy atom. The molecule has 0 spiro atoms. The predicted octanol–water partition coefficient (Wildman–Crippen LogP) is 3.62. The molecule has 1 aliphatic rings. The maximum absolute atomic E-state index is 12.5. The molecule has 0 saturated carbocycles. The molecule has 26 heavy (non-hydrogen) atoms. The van der Waals surface area contributed by atoms with Crippen molar-refractivity contribution in [2.24, 2.45) is 10.9 Å². The van der Waals surface area contributed by atoms with Gasteiger partial charge in [-0.1, -0.05) is 23.7 Å². The van der Waals surface area contributed by atoms with Crippen LogP contribution in [0.5, 0.6) is 0 Å². The van der Waals surface area contributed by atoms with Crippen LogP contribution in [-0.2, 0) is 6.54 Å². The summed E-state index contributed by atoms with van der Waals surface area (Å²) >= 11 is 5.91. The Labute approximate surface area is 158 Å². The number of benzene rings is 1. The van der Waals surface area contributed by atoms with E-state index in [1.807, 2.05) is 43.1 Å². The van der Waals surface area contributed by atoms with Gasteiger partial charge in [-0.05, 0) is 43.5 Å². The largest absolute Gasteiger partial charge is 0.401 e. The molecule has 146 valence electrons. The zero-order valence-corrected chi connectivity index (χ0v) is 15.9. The minimum absolute atomic E-state index is 0.162. The molecule has 1 aliphatic heterocycles. The third-order valence-corrected chi connectivity index (χ3v) is 4.55. The van der Waals surface area contributed by atoms with Gasteiger partial charge in [0.1, 0.15) is 0 Å². The van der Waals surface area contributed by atoms with Crippen LogP contribution in [0.1, 0.15) is 18.9 Å². The zero-order valence-electron chi connectivity index (χ0n) is 15.2. The van der Waals surface area contributed by atoms with Gasteiger partial charge in [0.15, 0.2) is 5.96 Å². The molecule has 0 amide bonds. The second-order valence-corrected chi connectivity index (χ2v) is 7.12. The Balaban J connectivity index is 1.90. The molecule has 0 bridgehead atoms. The molecule has 0 aromatic heterocycles. The number of hydrogen-bond acceptors (Lipinski definition) is 2. The van der Waals surface area contributed by atoms with E-state index in [0.717, 1.165) is 24.5 Å². The van der Waals surface area contributed by atoms with Crippen LogP contribution in [0.2, 0.25) is 5.02 Å². The fraction of sp³-hybridized carbons (Fsp3) is 0.611. The molecular formula is C18H26ClF3N4. The molecule has 1 heterocycles. The minimum Gasteiger partial charge on any atom is -0.357 e. The highest BCUT2D eigenvalue weighted by molar-refractivity contribution is 6.30. The first-order chi connectivity index (χ1) is 12.3. The molecule has 1 atom stereocenters. The summed E-state index contributed by atoms with van der Waals surface area (Å²) < 4.78 is 37.5. The van der Waals surface area contributed by atoms with E-state index in [1.54, 1.807) is 0 Å². The van der Waals surface area contributed by atoms with E-state index >= 15 is 0 Å². The van der Waals surface area contributed by atoms with Crippen LogP contribution in [0.3, 0.4) is 0 Å². The van der Waals surface area contributed by atoms with Gasteiger partial charge in [0.2, 0.25) is 0 Å². The van der Waals surface area contributed by atoms with Crippen molar-refractivity contribution in [2.75, 3.05) is 39.8 Å². The van der Waals surface area contributed by atoms with Crippen LogP contribution in [-0.4, -0.2) is 61.7 Å². The molecule has 1 aromatic rings. The maximum Gasteiger partial charge on any atom is 0.401 e. The van der Waals surface area contributed by atoms with Crippen molar-refractivity contribution in [3.8, 4) is 0 Å². The van der Waals surface area contributed by atoms with Crippen molar-refractivity contribution in [1.29, 1.82) is 0 Å². The highest BCUT2D eigenvalue weighted by Crippen LogP contribution is 2.23. The first kappa shape index (κ1) is 20.8. The molecule has 1 unspecified atom stereocenters. The van der Waals surface area contributed by atoms with Gasteiger partial charge in [-0.25, -0.2) is 0 Å². The quantitative estimate of drug-likeness (QED) is 0.594. The Bertz CT molecular complexity index is 589. The van der Waals surface area contributed by atoms with E-state index in [-0.39, 0.29) is 5.92 Å². The van der Waals surface area contributed by atoms with Crippen molar-refractivity contribution in [3.63, 3.8) is 0 Å². The molecule has 1 fully saturated rings. The SMILES string of the molecule is CCNC(=NCC1CCN(CC(F)(F)F)C1)N(C)Cc1ccc(Cl)cc1. The monoisotopic (exact) mass is 390 g/mol. The molecule has 0 radical (unpaired) electrons. The minimum atomic E-state index is -4.13. The lowest BCUT2D eigenvalue weighted by atomic mass is 10.1. The van der Waals surface area contributed by atoms with E-state index in [1.165, 1.54) is 4.90 Å². The number of rotatable bonds is 6. The van der Waals surface area contributed by atoms with Gasteiger partial charge in [-0.15, -0.1) is 0 Å². The Hall–Kier alpha value is -1.47. The third kappa shape index (κ3) is 7.03. The molecular weight excluding hydrogens is 365 g/mol. The molecule has 0 aliphatic carbocycles. The van der Waals surface area contributed by atoms with Crippen molar-refractivity contribution in [3.05, 3.63) is 34.9 Å². The van der Waals surface area contributed by atoms with Gasteiger partial charge >= 0.3 is 6.18 Å². The summed E-state index contributed by atoms with van der Waals surface area (Å²) in [7, 11) is 1.95. The smallest absolute Gasteiger partial charge is 0.357 e. The highest BCUT2D eigenvalue weighted by atomic mass is 35.5. The first-order valence-corrected chi connectivity index (χ1v) is 9.17. The highest BCUT2D eigenvalue weighted by Gasteiger charge is 2.34. The predicted molar refractivity (Wildman–Crippen MR) is 99.5 cm³/mol. The molecule has 2 rings (SSSR count). The summed E-state index contributed by atoms with van der Waals surface area (Å²) in [4.78, 5) is 8.11. The number of hydrogen-bond donors (Lipinski definition) is 1. The summed E-state index contributed by atoms with van der Waals surface area (Å²) in [5.41, 5.74) is 1.11. The molecule has 4 nitrogen and oxygen atoms in total. The molecule has 1 saturated heterocycles. The van der Waals surface area contributed by atoms with E-state index in [2.05, 4.69) is 10.3 Å². The number of nitrogens with one attached hydrogen (secondary N) is 1. The fourth-order valence-corrected chi connectivity index (χ4v) is 3.21. The lowest BCUT2D eigenvalue weighted by molar-refractivity contribution is -0.143. The Morgan fingerprint density at radius 2 is 2.04 bits per heavy atom. The van der Waals surface area contributed by atoms with Gasteiger partial charge in [0.25, 0.3) is 0 Å². The standard InChI is InChI=1S/C18H26ClF3N4/c1-3-23-17(25(2)11-14-4-6-16(19)7-5-14)24-10-15-8-9-26(12-15)13-18(20,21)22/h4-7,15H,3,8-13H2,1-2H3,(H,23,24). The van der Waals surface area contributed by atoms with E-state index in [0.29, 0.717) is 31.2 Å². The number of aliphatic imine (C=N–C) groups is 1. The van der Waals surface area contributed by atoms with Gasteiger partial charge in [-0.2, -0.15) is 13.2 Å². The third-order valence-electron chi connectivity index (χ3n) is 4.30. The number of alkyl halides is 3. The summed E-state index contributed by atoms with van der Waals surface area (Å²) in [6.45, 7) is 4.03.